The zero-order valence-corrected chi connectivity index (χ0v) is 19.3. The van der Waals surface area contributed by atoms with E-state index in [4.69, 9.17) is 9.72 Å². The summed E-state index contributed by atoms with van der Waals surface area (Å²) in [6.45, 7) is 2.41. The lowest BCUT2D eigenvalue weighted by Gasteiger charge is -2.34. The number of imidazole rings is 1. The van der Waals surface area contributed by atoms with Gasteiger partial charge in [-0.15, -0.1) is 0 Å². The molecule has 1 aliphatic rings. The van der Waals surface area contributed by atoms with Crippen LogP contribution in [0.2, 0.25) is 0 Å². The topological polar surface area (TPSA) is 107 Å². The number of aryl methyl sites for hydroxylation is 1. The van der Waals surface area contributed by atoms with Gasteiger partial charge in [-0.2, -0.15) is 0 Å². The second-order valence-electron chi connectivity index (χ2n) is 7.92. The van der Waals surface area contributed by atoms with E-state index in [1.807, 2.05) is 18.2 Å². The van der Waals surface area contributed by atoms with Crippen LogP contribution in [-0.2, 0) is 25.4 Å². The quantitative estimate of drug-likeness (QED) is 0.426. The SMILES string of the molecule is COc1cccc2sc(N3CCN(C(=O)Cn4cnc5c4c(=O)n(C)c(=O)n5C)CC3)nc12. The second-order valence-corrected chi connectivity index (χ2v) is 8.93. The largest absolute Gasteiger partial charge is 0.494 e. The number of aromatic nitrogens is 5. The van der Waals surface area contributed by atoms with Gasteiger partial charge < -0.3 is 19.1 Å². The number of nitrogens with zero attached hydrogens (tertiary/aromatic N) is 7. The predicted molar refractivity (Wildman–Crippen MR) is 125 cm³/mol. The summed E-state index contributed by atoms with van der Waals surface area (Å²) in [6.07, 6.45) is 1.44. The Kier molecular flexibility index (Phi) is 5.16. The molecular formula is C21H23N7O4S. The molecular weight excluding hydrogens is 446 g/mol. The van der Waals surface area contributed by atoms with Crippen molar-refractivity contribution in [2.24, 2.45) is 14.1 Å². The van der Waals surface area contributed by atoms with Crippen LogP contribution in [0.15, 0.2) is 34.1 Å². The molecule has 0 atom stereocenters. The molecule has 0 saturated carbocycles. The number of carbonyl (C=O) groups excluding carboxylic acids is 1. The first kappa shape index (κ1) is 21.2. The number of thiazole rings is 1. The number of para-hydroxylation sites is 1. The minimum Gasteiger partial charge on any atom is -0.494 e. The molecule has 0 spiro atoms. The smallest absolute Gasteiger partial charge is 0.332 e. The third kappa shape index (κ3) is 3.46. The van der Waals surface area contributed by atoms with Gasteiger partial charge in [-0.1, -0.05) is 17.4 Å². The highest BCUT2D eigenvalue weighted by atomic mass is 32.1. The minimum atomic E-state index is -0.463. The fourth-order valence-electron chi connectivity index (χ4n) is 4.12. The van der Waals surface area contributed by atoms with Crippen molar-refractivity contribution in [1.82, 2.24) is 28.6 Å². The molecule has 0 N–H and O–H groups in total. The van der Waals surface area contributed by atoms with Crippen LogP contribution in [0.5, 0.6) is 5.75 Å². The van der Waals surface area contributed by atoms with Gasteiger partial charge in [0, 0.05) is 40.3 Å². The highest BCUT2D eigenvalue weighted by Gasteiger charge is 2.25. The van der Waals surface area contributed by atoms with E-state index >= 15 is 0 Å². The number of fused-ring (bicyclic) bond motifs is 2. The second kappa shape index (κ2) is 8.03. The van der Waals surface area contributed by atoms with E-state index in [0.29, 0.717) is 26.2 Å². The van der Waals surface area contributed by atoms with Gasteiger partial charge in [0.2, 0.25) is 5.91 Å². The lowest BCUT2D eigenvalue weighted by molar-refractivity contribution is -0.132. The summed E-state index contributed by atoms with van der Waals surface area (Å²) in [5.41, 5.74) is 0.450. The molecule has 33 heavy (non-hydrogen) atoms. The van der Waals surface area contributed by atoms with Crippen LogP contribution in [0.1, 0.15) is 0 Å². The Morgan fingerprint density at radius 1 is 1.12 bits per heavy atom. The normalized spacial score (nSPS) is 14.4. The highest BCUT2D eigenvalue weighted by molar-refractivity contribution is 7.22. The Labute approximate surface area is 192 Å². The number of benzene rings is 1. The van der Waals surface area contributed by atoms with Gasteiger partial charge in [0.25, 0.3) is 5.56 Å². The number of hydrogen-bond donors (Lipinski definition) is 0. The molecule has 1 amide bonds. The van der Waals surface area contributed by atoms with Crippen molar-refractivity contribution >= 4 is 43.8 Å². The molecule has 1 saturated heterocycles. The Morgan fingerprint density at radius 3 is 2.61 bits per heavy atom. The zero-order chi connectivity index (χ0) is 23.3. The average molecular weight is 470 g/mol. The van der Waals surface area contributed by atoms with Gasteiger partial charge in [-0.25, -0.2) is 14.8 Å². The van der Waals surface area contributed by atoms with E-state index in [-0.39, 0.29) is 23.6 Å². The summed E-state index contributed by atoms with van der Waals surface area (Å²) in [4.78, 5) is 50.6. The summed E-state index contributed by atoms with van der Waals surface area (Å²) >= 11 is 1.61. The van der Waals surface area contributed by atoms with E-state index in [1.165, 1.54) is 22.5 Å². The molecule has 0 aliphatic carbocycles. The van der Waals surface area contributed by atoms with Crippen LogP contribution in [0, 0.1) is 0 Å². The first-order valence-corrected chi connectivity index (χ1v) is 11.3. The molecule has 1 aromatic carbocycles. The first-order valence-electron chi connectivity index (χ1n) is 10.5. The molecule has 0 bridgehead atoms. The van der Waals surface area contributed by atoms with Crippen LogP contribution < -0.4 is 20.9 Å². The average Bonchev–Trinajstić information content (AvgIpc) is 3.46. The van der Waals surface area contributed by atoms with Crippen LogP contribution >= 0.6 is 11.3 Å². The van der Waals surface area contributed by atoms with Crippen molar-refractivity contribution < 1.29 is 9.53 Å². The molecule has 172 valence electrons. The fraction of sp³-hybridized carbons (Fsp3) is 0.381. The number of anilines is 1. The van der Waals surface area contributed by atoms with Crippen molar-refractivity contribution in [3.63, 3.8) is 0 Å². The molecule has 12 heteroatoms. The molecule has 0 radical (unpaired) electrons. The monoisotopic (exact) mass is 469 g/mol. The summed E-state index contributed by atoms with van der Waals surface area (Å²) in [7, 11) is 4.61. The summed E-state index contributed by atoms with van der Waals surface area (Å²) < 4.78 is 10.3. The maximum Gasteiger partial charge on any atom is 0.332 e. The lowest BCUT2D eigenvalue weighted by atomic mass is 10.3. The van der Waals surface area contributed by atoms with E-state index in [0.717, 1.165) is 25.7 Å². The summed E-state index contributed by atoms with van der Waals surface area (Å²) in [6, 6.07) is 5.87. The van der Waals surface area contributed by atoms with Gasteiger partial charge in [0.05, 0.1) is 18.1 Å². The van der Waals surface area contributed by atoms with Crippen molar-refractivity contribution in [2.75, 3.05) is 38.2 Å². The minimum absolute atomic E-state index is 0.0116. The molecule has 1 fully saturated rings. The van der Waals surface area contributed by atoms with Gasteiger partial charge in [0.1, 0.15) is 17.8 Å². The number of piperazine rings is 1. The molecule has 4 aromatic rings. The number of amides is 1. The van der Waals surface area contributed by atoms with Crippen molar-refractivity contribution in [3.8, 4) is 5.75 Å². The Hall–Kier alpha value is -3.67. The summed E-state index contributed by atoms with van der Waals surface area (Å²) in [5.74, 6) is 0.649. The number of rotatable bonds is 4. The molecule has 0 unspecified atom stereocenters. The fourth-order valence-corrected chi connectivity index (χ4v) is 5.16. The van der Waals surface area contributed by atoms with E-state index < -0.39 is 11.2 Å². The van der Waals surface area contributed by atoms with Gasteiger partial charge in [-0.05, 0) is 12.1 Å². The standard InChI is InChI=1S/C21H23N7O4S/c1-24-18-17(19(30)25(2)21(24)31)28(12-22-18)11-15(29)26-7-9-27(10-8-26)20-23-16-13(32-3)5-4-6-14(16)33-20/h4-6,12H,7-11H2,1-3H3. The predicted octanol–water partition coefficient (Wildman–Crippen LogP) is 0.401. The maximum atomic E-state index is 13.0. The third-order valence-corrected chi connectivity index (χ3v) is 7.10. The zero-order valence-electron chi connectivity index (χ0n) is 18.5. The van der Waals surface area contributed by atoms with Crippen LogP contribution in [0.4, 0.5) is 5.13 Å². The molecule has 3 aromatic heterocycles. The highest BCUT2D eigenvalue weighted by Crippen LogP contribution is 2.34. The molecule has 1 aliphatic heterocycles. The van der Waals surface area contributed by atoms with E-state index in [2.05, 4.69) is 9.88 Å². The number of ether oxygens (including phenoxy) is 1. The maximum absolute atomic E-state index is 13.0. The van der Waals surface area contributed by atoms with E-state index in [1.54, 1.807) is 30.4 Å². The van der Waals surface area contributed by atoms with Crippen molar-refractivity contribution in [2.45, 2.75) is 6.54 Å². The molecule has 11 nitrogen and oxygen atoms in total. The Balaban J connectivity index is 1.31. The van der Waals surface area contributed by atoms with Gasteiger partial charge in [0.15, 0.2) is 16.3 Å². The van der Waals surface area contributed by atoms with Crippen molar-refractivity contribution in [1.29, 1.82) is 0 Å². The van der Waals surface area contributed by atoms with Gasteiger partial charge in [-0.3, -0.25) is 18.7 Å². The number of carbonyl (C=O) groups is 1. The number of hydrogen-bond acceptors (Lipinski definition) is 8. The van der Waals surface area contributed by atoms with Gasteiger partial charge >= 0.3 is 5.69 Å². The van der Waals surface area contributed by atoms with Crippen molar-refractivity contribution in [3.05, 3.63) is 45.4 Å². The third-order valence-electron chi connectivity index (χ3n) is 6.02. The van der Waals surface area contributed by atoms with Crippen LogP contribution in [0.3, 0.4) is 0 Å². The first-order chi connectivity index (χ1) is 15.9. The van der Waals surface area contributed by atoms with E-state index in [9.17, 15) is 14.4 Å². The Morgan fingerprint density at radius 2 is 1.88 bits per heavy atom. The molecule has 5 rings (SSSR count). The molecule has 4 heterocycles. The van der Waals surface area contributed by atoms with Crippen LogP contribution in [-0.4, -0.2) is 67.8 Å². The Bertz CT molecular complexity index is 1490. The lowest BCUT2D eigenvalue weighted by Crippen LogP contribution is -2.49. The number of methoxy groups -OCH3 is 1. The summed E-state index contributed by atoms with van der Waals surface area (Å²) in [5, 5.41) is 0.909. The van der Waals surface area contributed by atoms with Crippen LogP contribution in [0.25, 0.3) is 21.4 Å².